The fraction of sp³-hybridized carbons (Fsp3) is 0.917. The van der Waals surface area contributed by atoms with E-state index in [4.69, 9.17) is 4.74 Å². The maximum absolute atomic E-state index is 12.2. The standard InChI is InChI=1S/C12H22N2O2/c1-4-12(3)11(15)14(8-13-12)7-10-5-6-16-9(10)2/h9-10,13H,4-8H2,1-3H3. The number of carbonyl (C=O) groups is 1. The molecule has 3 unspecified atom stereocenters. The lowest BCUT2D eigenvalue weighted by atomic mass is 9.98. The molecule has 2 heterocycles. The molecule has 0 spiro atoms. The molecule has 92 valence electrons. The van der Waals surface area contributed by atoms with E-state index in [9.17, 15) is 4.79 Å². The molecule has 1 amide bonds. The molecule has 4 nitrogen and oxygen atoms in total. The van der Waals surface area contributed by atoms with Gasteiger partial charge in [-0.15, -0.1) is 0 Å². The normalized spacial score (nSPS) is 39.7. The number of rotatable bonds is 3. The van der Waals surface area contributed by atoms with Crippen LogP contribution in [0.25, 0.3) is 0 Å². The molecule has 2 saturated heterocycles. The predicted octanol–water partition coefficient (Wildman–Crippen LogP) is 0.969. The number of nitrogens with zero attached hydrogens (tertiary/aromatic N) is 1. The topological polar surface area (TPSA) is 41.6 Å². The van der Waals surface area contributed by atoms with E-state index in [0.717, 1.165) is 26.0 Å². The molecular formula is C12H22N2O2. The number of ether oxygens (including phenoxy) is 1. The van der Waals surface area contributed by atoms with Gasteiger partial charge in [-0.3, -0.25) is 10.1 Å². The van der Waals surface area contributed by atoms with Crippen LogP contribution in [0.4, 0.5) is 0 Å². The molecule has 16 heavy (non-hydrogen) atoms. The first-order valence-corrected chi connectivity index (χ1v) is 6.23. The lowest BCUT2D eigenvalue weighted by Crippen LogP contribution is -2.43. The Bertz CT molecular complexity index is 282. The van der Waals surface area contributed by atoms with Crippen molar-refractivity contribution in [2.24, 2.45) is 5.92 Å². The Labute approximate surface area is 97.3 Å². The lowest BCUT2D eigenvalue weighted by Gasteiger charge is -2.24. The summed E-state index contributed by atoms with van der Waals surface area (Å²) in [5, 5.41) is 3.31. The number of hydrogen-bond acceptors (Lipinski definition) is 3. The summed E-state index contributed by atoms with van der Waals surface area (Å²) in [6, 6.07) is 0. The van der Waals surface area contributed by atoms with E-state index < -0.39 is 0 Å². The second-order valence-corrected chi connectivity index (χ2v) is 5.17. The third kappa shape index (κ3) is 1.96. The van der Waals surface area contributed by atoms with Gasteiger partial charge in [0.15, 0.2) is 0 Å². The van der Waals surface area contributed by atoms with Gasteiger partial charge in [-0.1, -0.05) is 6.92 Å². The maximum atomic E-state index is 12.2. The molecule has 2 aliphatic rings. The summed E-state index contributed by atoms with van der Waals surface area (Å²) in [6.07, 6.45) is 2.22. The molecule has 0 aromatic heterocycles. The van der Waals surface area contributed by atoms with Crippen molar-refractivity contribution in [3.05, 3.63) is 0 Å². The average Bonchev–Trinajstić information content (AvgIpc) is 2.79. The van der Waals surface area contributed by atoms with E-state index in [1.54, 1.807) is 0 Å². The summed E-state index contributed by atoms with van der Waals surface area (Å²) < 4.78 is 5.53. The van der Waals surface area contributed by atoms with Crippen LogP contribution in [-0.2, 0) is 9.53 Å². The van der Waals surface area contributed by atoms with Crippen LogP contribution in [0.2, 0.25) is 0 Å². The van der Waals surface area contributed by atoms with Crippen molar-refractivity contribution in [3.8, 4) is 0 Å². The van der Waals surface area contributed by atoms with Crippen molar-refractivity contribution in [3.63, 3.8) is 0 Å². The Morgan fingerprint density at radius 3 is 2.88 bits per heavy atom. The van der Waals surface area contributed by atoms with Crippen molar-refractivity contribution in [2.75, 3.05) is 19.8 Å². The van der Waals surface area contributed by atoms with E-state index in [0.29, 0.717) is 18.7 Å². The second kappa shape index (κ2) is 4.34. The van der Waals surface area contributed by atoms with Crippen molar-refractivity contribution < 1.29 is 9.53 Å². The van der Waals surface area contributed by atoms with Gasteiger partial charge in [0.1, 0.15) is 0 Å². The average molecular weight is 226 g/mol. The molecule has 2 aliphatic heterocycles. The number of carbonyl (C=O) groups excluding carboxylic acids is 1. The first kappa shape index (κ1) is 11.9. The Kier molecular flexibility index (Phi) is 3.22. The Balaban J connectivity index is 1.95. The maximum Gasteiger partial charge on any atom is 0.243 e. The molecule has 0 aromatic rings. The van der Waals surface area contributed by atoms with Gasteiger partial charge in [0.05, 0.1) is 18.3 Å². The molecule has 0 radical (unpaired) electrons. The summed E-state index contributed by atoms with van der Waals surface area (Å²) in [5.41, 5.74) is -0.345. The van der Waals surface area contributed by atoms with Gasteiger partial charge in [-0.25, -0.2) is 0 Å². The van der Waals surface area contributed by atoms with E-state index in [-0.39, 0.29) is 11.4 Å². The van der Waals surface area contributed by atoms with Crippen molar-refractivity contribution in [2.45, 2.75) is 45.3 Å². The summed E-state index contributed by atoms with van der Waals surface area (Å²) >= 11 is 0. The minimum Gasteiger partial charge on any atom is -0.378 e. The quantitative estimate of drug-likeness (QED) is 0.779. The number of nitrogens with one attached hydrogen (secondary N) is 1. The smallest absolute Gasteiger partial charge is 0.243 e. The van der Waals surface area contributed by atoms with E-state index in [2.05, 4.69) is 19.2 Å². The largest absolute Gasteiger partial charge is 0.378 e. The van der Waals surface area contributed by atoms with Crippen molar-refractivity contribution >= 4 is 5.91 Å². The Hall–Kier alpha value is -0.610. The molecule has 0 aliphatic carbocycles. The summed E-state index contributed by atoms with van der Waals surface area (Å²) in [5.74, 6) is 0.749. The number of hydrogen-bond donors (Lipinski definition) is 1. The van der Waals surface area contributed by atoms with Gasteiger partial charge in [0.2, 0.25) is 5.91 Å². The molecule has 2 rings (SSSR count). The van der Waals surface area contributed by atoms with Crippen LogP contribution in [0.1, 0.15) is 33.6 Å². The van der Waals surface area contributed by atoms with Crippen LogP contribution in [0.5, 0.6) is 0 Å². The molecule has 2 fully saturated rings. The Morgan fingerprint density at radius 2 is 2.38 bits per heavy atom. The van der Waals surface area contributed by atoms with Gasteiger partial charge in [-0.2, -0.15) is 0 Å². The van der Waals surface area contributed by atoms with E-state index >= 15 is 0 Å². The zero-order chi connectivity index (χ0) is 11.8. The Morgan fingerprint density at radius 1 is 1.62 bits per heavy atom. The third-order valence-corrected chi connectivity index (χ3v) is 4.11. The minimum atomic E-state index is -0.345. The van der Waals surface area contributed by atoms with Crippen LogP contribution in [0.15, 0.2) is 0 Å². The summed E-state index contributed by atoms with van der Waals surface area (Å²) in [6.45, 7) is 8.51. The van der Waals surface area contributed by atoms with Crippen molar-refractivity contribution in [1.82, 2.24) is 10.2 Å². The molecule has 4 heteroatoms. The van der Waals surface area contributed by atoms with Crippen LogP contribution >= 0.6 is 0 Å². The summed E-state index contributed by atoms with van der Waals surface area (Å²) in [4.78, 5) is 14.1. The van der Waals surface area contributed by atoms with E-state index in [1.807, 2.05) is 11.8 Å². The number of amides is 1. The van der Waals surface area contributed by atoms with Crippen molar-refractivity contribution in [1.29, 1.82) is 0 Å². The fourth-order valence-electron chi connectivity index (χ4n) is 2.49. The first-order valence-electron chi connectivity index (χ1n) is 6.23. The van der Waals surface area contributed by atoms with Crippen LogP contribution < -0.4 is 5.32 Å². The molecule has 0 saturated carbocycles. The van der Waals surface area contributed by atoms with Gasteiger partial charge in [-0.05, 0) is 26.7 Å². The highest BCUT2D eigenvalue weighted by Crippen LogP contribution is 2.25. The minimum absolute atomic E-state index is 0.245. The molecular weight excluding hydrogens is 204 g/mol. The lowest BCUT2D eigenvalue weighted by molar-refractivity contribution is -0.132. The molecule has 0 bridgehead atoms. The van der Waals surface area contributed by atoms with Crippen LogP contribution in [-0.4, -0.2) is 42.3 Å². The second-order valence-electron chi connectivity index (χ2n) is 5.17. The zero-order valence-corrected chi connectivity index (χ0v) is 10.5. The van der Waals surface area contributed by atoms with Gasteiger partial charge in [0, 0.05) is 19.1 Å². The van der Waals surface area contributed by atoms with Crippen LogP contribution in [0, 0.1) is 5.92 Å². The first-order chi connectivity index (χ1) is 7.57. The van der Waals surface area contributed by atoms with Gasteiger partial charge >= 0.3 is 0 Å². The predicted molar refractivity (Wildman–Crippen MR) is 61.9 cm³/mol. The summed E-state index contributed by atoms with van der Waals surface area (Å²) in [7, 11) is 0. The fourth-order valence-corrected chi connectivity index (χ4v) is 2.49. The highest BCUT2D eigenvalue weighted by molar-refractivity contribution is 5.87. The third-order valence-electron chi connectivity index (χ3n) is 4.11. The highest BCUT2D eigenvalue weighted by atomic mass is 16.5. The zero-order valence-electron chi connectivity index (χ0n) is 10.5. The van der Waals surface area contributed by atoms with Crippen LogP contribution in [0.3, 0.4) is 0 Å². The SMILES string of the molecule is CCC1(C)NCN(CC2CCOC2C)C1=O. The van der Waals surface area contributed by atoms with Gasteiger partial charge < -0.3 is 9.64 Å². The van der Waals surface area contributed by atoms with E-state index in [1.165, 1.54) is 0 Å². The highest BCUT2D eigenvalue weighted by Gasteiger charge is 2.42. The molecule has 1 N–H and O–H groups in total. The van der Waals surface area contributed by atoms with Gasteiger partial charge in [0.25, 0.3) is 0 Å². The molecule has 0 aromatic carbocycles. The monoisotopic (exact) mass is 226 g/mol. The molecule has 3 atom stereocenters.